The third-order valence-corrected chi connectivity index (χ3v) is 8.91. The first-order valence-corrected chi connectivity index (χ1v) is 14.8. The smallest absolute Gasteiger partial charge is 0.245 e. The molecule has 1 amide bonds. The summed E-state index contributed by atoms with van der Waals surface area (Å²) in [6, 6.07) is 7.21. The Bertz CT molecular complexity index is 1350. The number of rotatable bonds is 10. The molecule has 1 aromatic carbocycles. The van der Waals surface area contributed by atoms with Crippen molar-refractivity contribution in [3.63, 3.8) is 0 Å². The molecule has 1 atom stereocenters. The second kappa shape index (κ2) is 12.0. The molecule has 7 nitrogen and oxygen atoms in total. The van der Waals surface area contributed by atoms with Crippen molar-refractivity contribution in [3.05, 3.63) is 68.6 Å². The molecule has 0 aliphatic carbocycles. The summed E-state index contributed by atoms with van der Waals surface area (Å²) in [5.41, 5.74) is 2.45. The van der Waals surface area contributed by atoms with Crippen LogP contribution in [-0.4, -0.2) is 57.2 Å². The average molecular weight is 565 g/mol. The van der Waals surface area contributed by atoms with Crippen molar-refractivity contribution in [2.75, 3.05) is 31.1 Å². The Balaban J connectivity index is 1.35. The molecule has 198 valence electrons. The number of likely N-dealkylation sites (tertiary alicyclic amines) is 1. The third kappa shape index (κ3) is 7.36. The Hall–Kier alpha value is -2.37. The lowest BCUT2D eigenvalue weighted by Crippen LogP contribution is -2.41. The van der Waals surface area contributed by atoms with Gasteiger partial charge in [-0.1, -0.05) is 23.7 Å². The Labute approximate surface area is 226 Å². The Morgan fingerprint density at radius 2 is 2.03 bits per heavy atom. The highest BCUT2D eigenvalue weighted by Gasteiger charge is 2.36. The summed E-state index contributed by atoms with van der Waals surface area (Å²) in [6.07, 6.45) is 5.61. The van der Waals surface area contributed by atoms with Crippen molar-refractivity contribution < 1.29 is 17.6 Å². The number of sulfonamides is 1. The van der Waals surface area contributed by atoms with Crippen LogP contribution in [0.15, 0.2) is 53.0 Å². The molecule has 1 aromatic heterocycles. The van der Waals surface area contributed by atoms with Gasteiger partial charge in [0.05, 0.1) is 15.4 Å². The number of carbonyl (C=O) groups is 1. The standard InChI is InChI=1S/C26H30ClFN4O3S2/c1-18(24-8-9-25(27)36-24)17-37(34,35)30-22-10-14-32(26(22)33)23-7-6-20(15-21(23)28)5-3-11-29-19(2)16-31-12-4-13-31/h3,6-9,11,15,17,22,30H,4-5,10,12-14,16H2,1-2H3/b11-3-,18-17+,29-19?. The molecule has 0 radical (unpaired) electrons. The van der Waals surface area contributed by atoms with E-state index in [1.54, 1.807) is 37.4 Å². The van der Waals surface area contributed by atoms with Gasteiger partial charge in [0, 0.05) is 29.9 Å². The lowest BCUT2D eigenvalue weighted by molar-refractivity contribution is -0.118. The summed E-state index contributed by atoms with van der Waals surface area (Å²) in [5.74, 6) is -1.00. The molecule has 2 aliphatic rings. The van der Waals surface area contributed by atoms with Gasteiger partial charge in [0.2, 0.25) is 15.9 Å². The lowest BCUT2D eigenvalue weighted by Gasteiger charge is -2.30. The maximum atomic E-state index is 14.9. The first kappa shape index (κ1) is 27.7. The number of amides is 1. The highest BCUT2D eigenvalue weighted by atomic mass is 35.5. The van der Waals surface area contributed by atoms with E-state index in [9.17, 15) is 17.6 Å². The number of nitrogens with zero attached hydrogens (tertiary/aromatic N) is 3. The van der Waals surface area contributed by atoms with Gasteiger partial charge < -0.3 is 4.90 Å². The number of aliphatic imine (C=N–C) groups is 1. The van der Waals surface area contributed by atoms with E-state index >= 15 is 0 Å². The fourth-order valence-corrected chi connectivity index (χ4v) is 6.61. The van der Waals surface area contributed by atoms with Gasteiger partial charge in [0.1, 0.15) is 11.9 Å². The number of allylic oxidation sites excluding steroid dienone is 2. The van der Waals surface area contributed by atoms with Crippen molar-refractivity contribution in [1.82, 2.24) is 9.62 Å². The van der Waals surface area contributed by atoms with Gasteiger partial charge in [-0.3, -0.25) is 14.7 Å². The van der Waals surface area contributed by atoms with Gasteiger partial charge in [-0.2, -0.15) is 4.72 Å². The largest absolute Gasteiger partial charge is 0.308 e. The topological polar surface area (TPSA) is 82.1 Å². The second-order valence-corrected chi connectivity index (χ2v) is 12.5. The van der Waals surface area contributed by atoms with Crippen LogP contribution in [0.4, 0.5) is 10.1 Å². The van der Waals surface area contributed by atoms with Crippen molar-refractivity contribution >= 4 is 55.8 Å². The van der Waals surface area contributed by atoms with E-state index in [2.05, 4.69) is 14.6 Å². The van der Waals surface area contributed by atoms with Crippen LogP contribution < -0.4 is 9.62 Å². The predicted octanol–water partition coefficient (Wildman–Crippen LogP) is 4.85. The number of nitrogens with one attached hydrogen (secondary N) is 1. The fourth-order valence-electron chi connectivity index (χ4n) is 4.25. The van der Waals surface area contributed by atoms with Gasteiger partial charge >= 0.3 is 0 Å². The normalized spacial score (nSPS) is 19.7. The fraction of sp³-hybridized carbons (Fsp3) is 0.385. The van der Waals surface area contributed by atoms with Crippen molar-refractivity contribution in [3.8, 4) is 0 Å². The molecule has 2 fully saturated rings. The summed E-state index contributed by atoms with van der Waals surface area (Å²) in [6.45, 7) is 6.99. The molecule has 0 saturated carbocycles. The number of hydrogen-bond acceptors (Lipinski definition) is 6. The van der Waals surface area contributed by atoms with Crippen molar-refractivity contribution in [2.24, 2.45) is 4.99 Å². The van der Waals surface area contributed by atoms with E-state index in [1.165, 1.54) is 28.7 Å². The summed E-state index contributed by atoms with van der Waals surface area (Å²) < 4.78 is 43.2. The minimum atomic E-state index is -3.89. The lowest BCUT2D eigenvalue weighted by atomic mass is 10.1. The van der Waals surface area contributed by atoms with E-state index in [4.69, 9.17) is 11.6 Å². The minimum Gasteiger partial charge on any atom is -0.308 e. The predicted molar refractivity (Wildman–Crippen MR) is 149 cm³/mol. The van der Waals surface area contributed by atoms with Crippen LogP contribution in [0, 0.1) is 5.82 Å². The molecule has 0 bridgehead atoms. The van der Waals surface area contributed by atoms with Gasteiger partial charge in [0.25, 0.3) is 0 Å². The molecule has 1 unspecified atom stereocenters. The zero-order valence-electron chi connectivity index (χ0n) is 20.8. The van der Waals surface area contributed by atoms with Crippen LogP contribution in [0.25, 0.3) is 5.57 Å². The molecular formula is C26H30ClFN4O3S2. The van der Waals surface area contributed by atoms with Crippen LogP contribution in [0.1, 0.15) is 37.1 Å². The molecule has 1 N–H and O–H groups in total. The number of carbonyl (C=O) groups excluding carboxylic acids is 1. The molecule has 11 heteroatoms. The van der Waals surface area contributed by atoms with Crippen LogP contribution in [0.5, 0.6) is 0 Å². The highest BCUT2D eigenvalue weighted by Crippen LogP contribution is 2.29. The van der Waals surface area contributed by atoms with Crippen LogP contribution >= 0.6 is 22.9 Å². The number of benzene rings is 1. The summed E-state index contributed by atoms with van der Waals surface area (Å²) in [7, 11) is -3.89. The molecule has 2 saturated heterocycles. The Morgan fingerprint density at radius 3 is 2.68 bits per heavy atom. The zero-order valence-corrected chi connectivity index (χ0v) is 23.2. The SMILES string of the molecule is CC(CN1CCC1)=N/C=C\Cc1ccc(N2CCC(NS(=O)(=O)/C=C(\C)c3ccc(Cl)s3)C2=O)c(F)c1. The number of anilines is 1. The summed E-state index contributed by atoms with van der Waals surface area (Å²) in [4.78, 5) is 21.7. The Kier molecular flexibility index (Phi) is 8.97. The molecule has 4 rings (SSSR count). The van der Waals surface area contributed by atoms with E-state index in [0.717, 1.165) is 41.2 Å². The van der Waals surface area contributed by atoms with Crippen LogP contribution in [-0.2, 0) is 21.2 Å². The molecule has 0 spiro atoms. The van der Waals surface area contributed by atoms with E-state index in [1.807, 2.05) is 13.0 Å². The van der Waals surface area contributed by atoms with E-state index in [0.29, 0.717) is 16.3 Å². The molecule has 2 aliphatic heterocycles. The van der Waals surface area contributed by atoms with Gasteiger partial charge in [-0.15, -0.1) is 11.3 Å². The zero-order chi connectivity index (χ0) is 26.6. The maximum absolute atomic E-state index is 14.9. The van der Waals surface area contributed by atoms with Crippen LogP contribution in [0.3, 0.4) is 0 Å². The van der Waals surface area contributed by atoms with Crippen LogP contribution in [0.2, 0.25) is 4.34 Å². The van der Waals surface area contributed by atoms with Crippen molar-refractivity contribution in [1.29, 1.82) is 0 Å². The first-order chi connectivity index (χ1) is 17.6. The van der Waals surface area contributed by atoms with Gasteiger partial charge in [-0.25, -0.2) is 12.8 Å². The number of halogens is 2. The Morgan fingerprint density at radius 1 is 1.24 bits per heavy atom. The number of hydrogen-bond donors (Lipinski definition) is 1. The molecule has 37 heavy (non-hydrogen) atoms. The summed E-state index contributed by atoms with van der Waals surface area (Å²) >= 11 is 7.20. The average Bonchev–Trinajstić information content (AvgIpc) is 3.39. The monoisotopic (exact) mass is 564 g/mol. The third-order valence-electron chi connectivity index (χ3n) is 6.26. The van der Waals surface area contributed by atoms with Gasteiger partial charge in [0.15, 0.2) is 0 Å². The first-order valence-electron chi connectivity index (χ1n) is 12.1. The second-order valence-electron chi connectivity index (χ2n) is 9.27. The van der Waals surface area contributed by atoms with E-state index < -0.39 is 27.8 Å². The molecular weight excluding hydrogens is 535 g/mol. The summed E-state index contributed by atoms with van der Waals surface area (Å²) in [5, 5.41) is 1.09. The van der Waals surface area contributed by atoms with Gasteiger partial charge in [-0.05, 0) is 81.6 Å². The minimum absolute atomic E-state index is 0.141. The van der Waals surface area contributed by atoms with E-state index in [-0.39, 0.29) is 18.7 Å². The quantitative estimate of drug-likeness (QED) is 0.418. The molecule has 3 heterocycles. The number of thiophene rings is 1. The molecule has 2 aromatic rings. The maximum Gasteiger partial charge on any atom is 0.245 e. The van der Waals surface area contributed by atoms with Crippen molar-refractivity contribution in [2.45, 2.75) is 39.2 Å². The highest BCUT2D eigenvalue weighted by molar-refractivity contribution is 7.92.